The third kappa shape index (κ3) is 9.74. The Morgan fingerprint density at radius 1 is 0.865 bits per heavy atom. The van der Waals surface area contributed by atoms with Gasteiger partial charge in [-0.25, -0.2) is 9.59 Å². The second-order valence-electron chi connectivity index (χ2n) is 12.8. The van der Waals surface area contributed by atoms with E-state index in [1.165, 1.54) is 19.5 Å². The van der Waals surface area contributed by atoms with Crippen LogP contribution in [0, 0.1) is 5.92 Å². The molecule has 3 aromatic carbocycles. The monoisotopic (exact) mass is 749 g/mol. The predicted octanol–water partition coefficient (Wildman–Crippen LogP) is 8.01. The standard InChI is InChI=1S/C40H45Cl2N3O7/c1-25-16-18-45(19-17-25)26(2)51-40(47)38(30-8-6-7-9-34(30)48-3)44-22-27-10-12-28(13-11-27)39(46)52-36(21-31-32(41)23-43-24-33(31)42)29-14-15-35(49-4)37(20-29)50-5/h6-15,20,23-26,36,38,44H,16-19,21-22H2,1-5H3/t26-,36-,38?/m0/s1. The molecule has 1 fully saturated rings. The van der Waals surface area contributed by atoms with Gasteiger partial charge in [-0.05, 0) is 72.7 Å². The number of halogens is 2. The average Bonchev–Trinajstić information content (AvgIpc) is 3.16. The van der Waals surface area contributed by atoms with Gasteiger partial charge in [0, 0.05) is 44.0 Å². The van der Waals surface area contributed by atoms with Crippen molar-refractivity contribution in [2.24, 2.45) is 5.92 Å². The number of hydrogen-bond donors (Lipinski definition) is 1. The number of para-hydroxylation sites is 1. The van der Waals surface area contributed by atoms with Crippen molar-refractivity contribution in [3.05, 3.63) is 117 Å². The number of methoxy groups -OCH3 is 3. The van der Waals surface area contributed by atoms with Crippen molar-refractivity contribution < 1.29 is 33.3 Å². The fourth-order valence-electron chi connectivity index (χ4n) is 6.20. The topological polar surface area (TPSA) is 108 Å². The molecule has 52 heavy (non-hydrogen) atoms. The molecule has 0 radical (unpaired) electrons. The number of rotatable bonds is 15. The molecule has 276 valence electrons. The highest BCUT2D eigenvalue weighted by atomic mass is 35.5. The van der Waals surface area contributed by atoms with Gasteiger partial charge in [-0.2, -0.15) is 0 Å². The molecule has 0 saturated carbocycles. The third-order valence-electron chi connectivity index (χ3n) is 9.38. The first kappa shape index (κ1) is 38.9. The number of benzene rings is 3. The summed E-state index contributed by atoms with van der Waals surface area (Å²) in [4.78, 5) is 33.5. The van der Waals surface area contributed by atoms with Crippen molar-refractivity contribution in [3.8, 4) is 17.2 Å². The third-order valence-corrected chi connectivity index (χ3v) is 10.0. The van der Waals surface area contributed by atoms with Crippen LogP contribution in [-0.2, 0) is 27.2 Å². The van der Waals surface area contributed by atoms with E-state index in [-0.39, 0.29) is 12.6 Å². The van der Waals surface area contributed by atoms with E-state index in [9.17, 15) is 9.59 Å². The summed E-state index contributed by atoms with van der Waals surface area (Å²) in [5.74, 6) is 1.32. The molecule has 1 aliphatic rings. The summed E-state index contributed by atoms with van der Waals surface area (Å²) in [6.45, 7) is 6.25. The molecular weight excluding hydrogens is 705 g/mol. The number of likely N-dealkylation sites (tertiary alicyclic amines) is 1. The number of pyridine rings is 1. The molecule has 2 heterocycles. The molecule has 3 atom stereocenters. The lowest BCUT2D eigenvalue weighted by molar-refractivity contribution is -0.161. The first-order valence-corrected chi connectivity index (χ1v) is 18.0. The van der Waals surface area contributed by atoms with Crippen molar-refractivity contribution in [1.82, 2.24) is 15.2 Å². The predicted molar refractivity (Wildman–Crippen MR) is 200 cm³/mol. The maximum Gasteiger partial charge on any atom is 0.338 e. The number of ether oxygens (including phenoxy) is 5. The Morgan fingerprint density at radius 3 is 2.17 bits per heavy atom. The van der Waals surface area contributed by atoms with Crippen LogP contribution in [0.25, 0.3) is 0 Å². The number of carbonyl (C=O) groups excluding carboxylic acids is 2. The second-order valence-corrected chi connectivity index (χ2v) is 13.6. The van der Waals surface area contributed by atoms with Crippen LogP contribution in [0.4, 0.5) is 0 Å². The number of nitrogens with zero attached hydrogens (tertiary/aromatic N) is 2. The van der Waals surface area contributed by atoms with Crippen molar-refractivity contribution in [2.75, 3.05) is 34.4 Å². The minimum Gasteiger partial charge on any atom is -0.496 e. The molecule has 4 aromatic rings. The molecule has 0 bridgehead atoms. The number of carbonyl (C=O) groups is 2. The molecule has 1 aromatic heterocycles. The zero-order valence-corrected chi connectivity index (χ0v) is 31.6. The lowest BCUT2D eigenvalue weighted by Crippen LogP contribution is -2.43. The molecule has 0 amide bonds. The van der Waals surface area contributed by atoms with Crippen LogP contribution in [0.1, 0.15) is 71.4 Å². The minimum absolute atomic E-state index is 0.194. The van der Waals surface area contributed by atoms with Crippen molar-refractivity contribution in [3.63, 3.8) is 0 Å². The summed E-state index contributed by atoms with van der Waals surface area (Å²) in [6.07, 6.45) is 4.20. The fourth-order valence-corrected chi connectivity index (χ4v) is 6.72. The Labute approximate surface area is 315 Å². The molecule has 5 rings (SSSR count). The number of esters is 2. The summed E-state index contributed by atoms with van der Waals surface area (Å²) in [5, 5.41) is 4.08. The van der Waals surface area contributed by atoms with E-state index < -0.39 is 24.1 Å². The Bertz CT molecular complexity index is 1800. The Balaban J connectivity index is 1.31. The van der Waals surface area contributed by atoms with Crippen LogP contribution in [0.2, 0.25) is 10.0 Å². The second kappa shape index (κ2) is 18.4. The molecule has 12 heteroatoms. The lowest BCUT2D eigenvalue weighted by Gasteiger charge is -2.35. The maximum atomic E-state index is 13.7. The first-order valence-electron chi connectivity index (χ1n) is 17.2. The van der Waals surface area contributed by atoms with Crippen molar-refractivity contribution in [1.29, 1.82) is 0 Å². The van der Waals surface area contributed by atoms with Gasteiger partial charge in [0.25, 0.3) is 0 Å². The van der Waals surface area contributed by atoms with Gasteiger partial charge in [0.05, 0.1) is 36.9 Å². The Morgan fingerprint density at radius 2 is 1.52 bits per heavy atom. The van der Waals surface area contributed by atoms with Crippen LogP contribution in [0.3, 0.4) is 0 Å². The largest absolute Gasteiger partial charge is 0.496 e. The first-order chi connectivity index (χ1) is 25.1. The number of piperidine rings is 1. The van der Waals surface area contributed by atoms with Crippen LogP contribution in [-0.4, -0.2) is 62.5 Å². The summed E-state index contributed by atoms with van der Waals surface area (Å²) < 4.78 is 28.6. The normalized spacial score (nSPS) is 15.3. The zero-order valence-electron chi connectivity index (χ0n) is 30.1. The smallest absolute Gasteiger partial charge is 0.338 e. The van der Waals surface area contributed by atoms with E-state index in [4.69, 9.17) is 46.9 Å². The van der Waals surface area contributed by atoms with Crippen LogP contribution >= 0.6 is 23.2 Å². The minimum atomic E-state index is -0.791. The molecule has 1 aliphatic heterocycles. The van der Waals surface area contributed by atoms with Gasteiger partial charge < -0.3 is 23.7 Å². The molecule has 10 nitrogen and oxygen atoms in total. The van der Waals surface area contributed by atoms with E-state index in [1.54, 1.807) is 44.6 Å². The average molecular weight is 751 g/mol. The lowest BCUT2D eigenvalue weighted by atomic mass is 9.99. The molecule has 0 spiro atoms. The molecule has 1 unspecified atom stereocenters. The van der Waals surface area contributed by atoms with Gasteiger partial charge in [0.1, 0.15) is 17.9 Å². The van der Waals surface area contributed by atoms with Gasteiger partial charge in [0.2, 0.25) is 0 Å². The van der Waals surface area contributed by atoms with Crippen molar-refractivity contribution >= 4 is 35.1 Å². The van der Waals surface area contributed by atoms with Gasteiger partial charge >= 0.3 is 11.9 Å². The highest BCUT2D eigenvalue weighted by molar-refractivity contribution is 6.35. The zero-order chi connectivity index (χ0) is 37.2. The van der Waals surface area contributed by atoms with Gasteiger partial charge in [-0.3, -0.25) is 15.2 Å². The van der Waals surface area contributed by atoms with Crippen LogP contribution < -0.4 is 19.5 Å². The van der Waals surface area contributed by atoms with Gasteiger partial charge in [-0.15, -0.1) is 0 Å². The van der Waals surface area contributed by atoms with Gasteiger partial charge in [0.15, 0.2) is 17.7 Å². The van der Waals surface area contributed by atoms with Crippen LogP contribution in [0.15, 0.2) is 79.1 Å². The summed E-state index contributed by atoms with van der Waals surface area (Å²) in [5.41, 5.74) is 3.11. The quantitative estimate of drug-likeness (QED) is 0.120. The number of nitrogens with one attached hydrogen (secondary N) is 1. The van der Waals surface area contributed by atoms with Crippen LogP contribution in [0.5, 0.6) is 17.2 Å². The highest BCUT2D eigenvalue weighted by Crippen LogP contribution is 2.36. The maximum absolute atomic E-state index is 13.7. The molecular formula is C40H45Cl2N3O7. The fraction of sp³-hybridized carbons (Fsp3) is 0.375. The molecule has 1 saturated heterocycles. The molecule has 0 aliphatic carbocycles. The van der Waals surface area contributed by atoms with E-state index in [0.29, 0.717) is 62.0 Å². The Kier molecular flexibility index (Phi) is 13.8. The van der Waals surface area contributed by atoms with Gasteiger partial charge in [-0.1, -0.05) is 66.5 Å². The van der Waals surface area contributed by atoms with E-state index in [2.05, 4.69) is 22.1 Å². The summed E-state index contributed by atoms with van der Waals surface area (Å²) in [6, 6.07) is 18.9. The Hall–Kier alpha value is -4.35. The van der Waals surface area contributed by atoms with Crippen molar-refractivity contribution in [2.45, 2.75) is 58.0 Å². The molecule has 1 N–H and O–H groups in total. The number of aromatic nitrogens is 1. The SMILES string of the molecule is COc1ccc([C@H](Cc2c(Cl)cncc2Cl)OC(=O)c2ccc(CNC(C(=O)O[C@@H](C)N3CCC(C)CC3)c3ccccc3OC)cc2)cc1OC. The summed E-state index contributed by atoms with van der Waals surface area (Å²) >= 11 is 12.9. The van der Waals surface area contributed by atoms with E-state index >= 15 is 0 Å². The van der Waals surface area contributed by atoms with E-state index in [0.717, 1.165) is 31.5 Å². The summed E-state index contributed by atoms with van der Waals surface area (Å²) in [7, 11) is 4.66. The number of hydrogen-bond acceptors (Lipinski definition) is 10. The van der Waals surface area contributed by atoms with E-state index in [1.807, 2.05) is 43.3 Å². The highest BCUT2D eigenvalue weighted by Gasteiger charge is 2.30.